The highest BCUT2D eigenvalue weighted by atomic mass is 19.4. The Morgan fingerprint density at radius 1 is 1.47 bits per heavy atom. The molecule has 6 nitrogen and oxygen atoms in total. The molecule has 0 bridgehead atoms. The van der Waals surface area contributed by atoms with E-state index in [0.717, 1.165) is 6.07 Å². The molecule has 0 atom stereocenters. The molecule has 0 amide bonds. The second-order valence-corrected chi connectivity index (χ2v) is 3.05. The predicted octanol–water partition coefficient (Wildman–Crippen LogP) is 1.23. The number of aromatic amines is 1. The third-order valence-corrected chi connectivity index (χ3v) is 1.88. The van der Waals surface area contributed by atoms with Crippen LogP contribution in [0.15, 0.2) is 15.3 Å². The molecule has 9 heteroatoms. The standard InChI is InChI=1S/C8H3F3N2O4/c9-8(10,11)7-12-4(14)2-1-3(6(15)16)17-5(2)13-7/h1H,(H,15,16)(H,12,13,14). The number of aromatic carboxylic acids is 1. The number of aromatic nitrogens is 2. The van der Waals surface area contributed by atoms with Crippen LogP contribution in [0.4, 0.5) is 13.2 Å². The van der Waals surface area contributed by atoms with E-state index in [1.54, 1.807) is 0 Å². The molecule has 0 unspecified atom stereocenters. The average Bonchev–Trinajstić information content (AvgIpc) is 2.60. The number of nitrogens with one attached hydrogen (secondary N) is 1. The monoisotopic (exact) mass is 248 g/mol. The van der Waals surface area contributed by atoms with Gasteiger partial charge in [-0.2, -0.15) is 18.2 Å². The molecular formula is C8H3F3N2O4. The van der Waals surface area contributed by atoms with Gasteiger partial charge in [-0.1, -0.05) is 0 Å². The van der Waals surface area contributed by atoms with Crippen LogP contribution in [0.1, 0.15) is 16.4 Å². The van der Waals surface area contributed by atoms with Crippen molar-refractivity contribution in [2.45, 2.75) is 6.18 Å². The third-order valence-electron chi connectivity index (χ3n) is 1.88. The summed E-state index contributed by atoms with van der Waals surface area (Å²) in [6, 6.07) is 0.809. The van der Waals surface area contributed by atoms with E-state index >= 15 is 0 Å². The maximum atomic E-state index is 12.3. The number of carboxylic acid groups (broad SMARTS) is 1. The van der Waals surface area contributed by atoms with Crippen LogP contribution < -0.4 is 5.56 Å². The average molecular weight is 248 g/mol. The highest BCUT2D eigenvalue weighted by molar-refractivity contribution is 5.89. The van der Waals surface area contributed by atoms with Crippen LogP contribution in [-0.2, 0) is 6.18 Å². The predicted molar refractivity (Wildman–Crippen MR) is 46.6 cm³/mol. The zero-order valence-electron chi connectivity index (χ0n) is 7.83. The van der Waals surface area contributed by atoms with Crippen LogP contribution in [0.25, 0.3) is 11.1 Å². The van der Waals surface area contributed by atoms with Gasteiger partial charge in [0.1, 0.15) is 5.39 Å². The number of H-pyrrole nitrogens is 1. The Balaban J connectivity index is 2.74. The highest BCUT2D eigenvalue weighted by Gasteiger charge is 2.35. The Bertz CT molecular complexity index is 655. The summed E-state index contributed by atoms with van der Waals surface area (Å²) in [6.07, 6.45) is -4.84. The lowest BCUT2D eigenvalue weighted by Crippen LogP contribution is -2.18. The molecule has 2 aromatic heterocycles. The number of carboxylic acids is 1. The summed E-state index contributed by atoms with van der Waals surface area (Å²) >= 11 is 0. The Hall–Kier alpha value is -2.32. The van der Waals surface area contributed by atoms with Crippen LogP contribution in [0.5, 0.6) is 0 Å². The summed E-state index contributed by atoms with van der Waals surface area (Å²) in [7, 11) is 0. The van der Waals surface area contributed by atoms with Crippen molar-refractivity contribution >= 4 is 17.1 Å². The maximum Gasteiger partial charge on any atom is 0.449 e. The van der Waals surface area contributed by atoms with Crippen molar-refractivity contribution in [3.8, 4) is 0 Å². The lowest BCUT2D eigenvalue weighted by molar-refractivity contribution is -0.145. The van der Waals surface area contributed by atoms with E-state index in [1.807, 2.05) is 0 Å². The zero-order chi connectivity index (χ0) is 12.8. The first-order valence-corrected chi connectivity index (χ1v) is 4.13. The molecule has 2 aromatic rings. The lowest BCUT2D eigenvalue weighted by atomic mass is 10.3. The van der Waals surface area contributed by atoms with Crippen molar-refractivity contribution in [1.29, 1.82) is 0 Å². The normalized spacial score (nSPS) is 11.9. The number of fused-ring (bicyclic) bond motifs is 1. The van der Waals surface area contributed by atoms with Gasteiger partial charge in [-0.05, 0) is 0 Å². The molecular weight excluding hydrogens is 245 g/mol. The number of halogens is 3. The van der Waals surface area contributed by atoms with E-state index in [9.17, 15) is 22.8 Å². The molecule has 0 aromatic carbocycles. The third kappa shape index (κ3) is 1.86. The van der Waals surface area contributed by atoms with Gasteiger partial charge in [0, 0.05) is 6.07 Å². The SMILES string of the molecule is O=C(O)c1cc2c(=O)[nH]c(C(F)(F)F)nc2o1. The molecule has 0 fully saturated rings. The van der Waals surface area contributed by atoms with Gasteiger partial charge in [-0.25, -0.2) is 4.79 Å². The number of furan rings is 1. The molecule has 0 spiro atoms. The molecule has 0 aliphatic carbocycles. The van der Waals surface area contributed by atoms with E-state index in [2.05, 4.69) is 9.40 Å². The highest BCUT2D eigenvalue weighted by Crippen LogP contribution is 2.26. The van der Waals surface area contributed by atoms with Gasteiger partial charge in [0.2, 0.25) is 17.3 Å². The molecule has 90 valence electrons. The van der Waals surface area contributed by atoms with Gasteiger partial charge >= 0.3 is 12.1 Å². The largest absolute Gasteiger partial charge is 0.475 e. The number of nitrogens with zero attached hydrogens (tertiary/aromatic N) is 1. The smallest absolute Gasteiger partial charge is 0.449 e. The molecule has 2 N–H and O–H groups in total. The van der Waals surface area contributed by atoms with Crippen molar-refractivity contribution in [2.24, 2.45) is 0 Å². The molecule has 0 aliphatic heterocycles. The van der Waals surface area contributed by atoms with Gasteiger partial charge in [0.25, 0.3) is 5.56 Å². The van der Waals surface area contributed by atoms with Gasteiger partial charge < -0.3 is 14.5 Å². The van der Waals surface area contributed by atoms with Crippen molar-refractivity contribution in [2.75, 3.05) is 0 Å². The first kappa shape index (κ1) is 11.2. The van der Waals surface area contributed by atoms with E-state index in [0.29, 0.717) is 0 Å². The Morgan fingerprint density at radius 2 is 2.12 bits per heavy atom. The number of hydrogen-bond acceptors (Lipinski definition) is 4. The molecule has 2 rings (SSSR count). The van der Waals surface area contributed by atoms with Crippen molar-refractivity contribution < 1.29 is 27.5 Å². The van der Waals surface area contributed by atoms with Crippen LogP contribution in [0.2, 0.25) is 0 Å². The van der Waals surface area contributed by atoms with Gasteiger partial charge in [-0.3, -0.25) is 4.79 Å². The zero-order valence-corrected chi connectivity index (χ0v) is 7.83. The minimum atomic E-state index is -4.84. The quantitative estimate of drug-likeness (QED) is 0.791. The fourth-order valence-corrected chi connectivity index (χ4v) is 1.17. The first-order valence-electron chi connectivity index (χ1n) is 4.13. The van der Waals surface area contributed by atoms with Crippen LogP contribution in [0.3, 0.4) is 0 Å². The molecule has 0 saturated carbocycles. The van der Waals surface area contributed by atoms with E-state index in [4.69, 9.17) is 5.11 Å². The molecule has 0 saturated heterocycles. The number of hydrogen-bond donors (Lipinski definition) is 2. The van der Waals surface area contributed by atoms with Gasteiger partial charge in [0.05, 0.1) is 0 Å². The van der Waals surface area contributed by atoms with Crippen molar-refractivity contribution in [3.63, 3.8) is 0 Å². The number of carbonyl (C=O) groups is 1. The summed E-state index contributed by atoms with van der Waals surface area (Å²) in [6.45, 7) is 0. The molecule has 2 heterocycles. The van der Waals surface area contributed by atoms with Crippen LogP contribution in [-0.4, -0.2) is 21.0 Å². The van der Waals surface area contributed by atoms with E-state index in [-0.39, 0.29) is 5.39 Å². The summed E-state index contributed by atoms with van der Waals surface area (Å²) < 4.78 is 41.3. The second kappa shape index (κ2) is 3.34. The van der Waals surface area contributed by atoms with Crippen molar-refractivity contribution in [1.82, 2.24) is 9.97 Å². The summed E-state index contributed by atoms with van der Waals surface area (Å²) in [5.41, 5.74) is -1.78. The Morgan fingerprint density at radius 3 is 2.65 bits per heavy atom. The second-order valence-electron chi connectivity index (χ2n) is 3.05. The van der Waals surface area contributed by atoms with Crippen molar-refractivity contribution in [3.05, 3.63) is 28.0 Å². The summed E-state index contributed by atoms with van der Waals surface area (Å²) in [5, 5.41) is 8.20. The Labute approximate surface area is 89.7 Å². The lowest BCUT2D eigenvalue weighted by Gasteiger charge is -2.03. The minimum absolute atomic E-state index is 0.351. The van der Waals surface area contributed by atoms with E-state index in [1.165, 1.54) is 4.98 Å². The minimum Gasteiger partial charge on any atom is -0.475 e. The summed E-state index contributed by atoms with van der Waals surface area (Å²) in [5.74, 6) is -3.70. The maximum absolute atomic E-state index is 12.3. The van der Waals surface area contributed by atoms with Crippen LogP contribution in [0, 0.1) is 0 Å². The van der Waals surface area contributed by atoms with Gasteiger partial charge in [0.15, 0.2) is 0 Å². The van der Waals surface area contributed by atoms with Crippen LogP contribution >= 0.6 is 0 Å². The number of alkyl halides is 3. The fraction of sp³-hybridized carbons (Fsp3) is 0.125. The Kier molecular flexibility index (Phi) is 2.19. The first-order chi connectivity index (χ1) is 7.79. The molecule has 17 heavy (non-hydrogen) atoms. The van der Waals surface area contributed by atoms with Gasteiger partial charge in [-0.15, -0.1) is 0 Å². The topological polar surface area (TPSA) is 96.2 Å². The van der Waals surface area contributed by atoms with E-state index < -0.39 is 35.0 Å². The fourth-order valence-electron chi connectivity index (χ4n) is 1.17. The molecule has 0 radical (unpaired) electrons. The number of rotatable bonds is 1. The molecule has 0 aliphatic rings. The summed E-state index contributed by atoms with van der Waals surface area (Å²) in [4.78, 5) is 26.2.